The first kappa shape index (κ1) is 17.9. The minimum atomic E-state index is 0.206. The summed E-state index contributed by atoms with van der Waals surface area (Å²) in [5, 5.41) is 13.7. The summed E-state index contributed by atoms with van der Waals surface area (Å²) in [7, 11) is 1.73. The Morgan fingerprint density at radius 1 is 1.10 bits per heavy atom. The van der Waals surface area contributed by atoms with Crippen LogP contribution in [0.2, 0.25) is 0 Å². The van der Waals surface area contributed by atoms with Gasteiger partial charge >= 0.3 is 0 Å². The van der Waals surface area contributed by atoms with Gasteiger partial charge in [-0.2, -0.15) is 4.52 Å². The summed E-state index contributed by atoms with van der Waals surface area (Å²) in [6.45, 7) is 3.36. The van der Waals surface area contributed by atoms with E-state index in [1.165, 1.54) is 5.52 Å². The molecule has 3 aromatic heterocycles. The van der Waals surface area contributed by atoms with Crippen molar-refractivity contribution in [3.05, 3.63) is 48.9 Å². The van der Waals surface area contributed by atoms with E-state index >= 15 is 0 Å². The molecule has 0 N–H and O–H groups in total. The summed E-state index contributed by atoms with van der Waals surface area (Å²) in [5.74, 6) is 1.91. The summed E-state index contributed by atoms with van der Waals surface area (Å²) in [4.78, 5) is 2.29. The molecule has 0 radical (unpaired) electrons. The second-order valence-electron chi connectivity index (χ2n) is 7.32. The van der Waals surface area contributed by atoms with Crippen molar-refractivity contribution in [3.63, 3.8) is 0 Å². The van der Waals surface area contributed by atoms with Gasteiger partial charge in [0.2, 0.25) is 0 Å². The molecule has 4 heterocycles. The van der Waals surface area contributed by atoms with Crippen molar-refractivity contribution in [2.45, 2.75) is 25.5 Å². The average Bonchev–Trinajstić information content (AvgIpc) is 3.40. The van der Waals surface area contributed by atoms with Gasteiger partial charge in [-0.1, -0.05) is 6.07 Å². The van der Waals surface area contributed by atoms with Crippen LogP contribution in [0.25, 0.3) is 16.6 Å². The minimum absolute atomic E-state index is 0.206. The van der Waals surface area contributed by atoms with Crippen LogP contribution in [-0.2, 0) is 11.3 Å². The fourth-order valence-electron chi connectivity index (χ4n) is 3.95. The predicted molar refractivity (Wildman–Crippen MR) is 110 cm³/mol. The van der Waals surface area contributed by atoms with Crippen molar-refractivity contribution >= 4 is 22.4 Å². The first-order valence-electron chi connectivity index (χ1n) is 9.97. The Labute approximate surface area is 168 Å². The lowest BCUT2D eigenvalue weighted by Gasteiger charge is -2.32. The van der Waals surface area contributed by atoms with Gasteiger partial charge in [-0.15, -0.1) is 15.3 Å². The Morgan fingerprint density at radius 3 is 2.86 bits per heavy atom. The topological polar surface area (TPSA) is 69.7 Å². The van der Waals surface area contributed by atoms with Crippen molar-refractivity contribution in [2.24, 2.45) is 0 Å². The van der Waals surface area contributed by atoms with Gasteiger partial charge in [0.1, 0.15) is 24.0 Å². The Kier molecular flexibility index (Phi) is 4.77. The van der Waals surface area contributed by atoms with Gasteiger partial charge in [0.15, 0.2) is 5.65 Å². The Morgan fingerprint density at radius 2 is 2.00 bits per heavy atom. The molecule has 0 amide bonds. The lowest BCUT2D eigenvalue weighted by atomic mass is 10.1. The maximum absolute atomic E-state index is 6.41. The monoisotopic (exact) mass is 392 g/mol. The molecule has 0 atom stereocenters. The van der Waals surface area contributed by atoms with Crippen molar-refractivity contribution in [2.75, 3.05) is 31.7 Å². The zero-order chi connectivity index (χ0) is 19.6. The van der Waals surface area contributed by atoms with Gasteiger partial charge in [-0.25, -0.2) is 0 Å². The number of benzene rings is 1. The van der Waals surface area contributed by atoms with Gasteiger partial charge in [0, 0.05) is 51.2 Å². The number of nitrogens with zero attached hydrogens (tertiary/aromatic N) is 6. The van der Waals surface area contributed by atoms with Crippen LogP contribution in [-0.4, -0.2) is 57.3 Å². The normalized spacial score (nSPS) is 15.4. The molecule has 1 aliphatic rings. The second-order valence-corrected chi connectivity index (χ2v) is 7.32. The van der Waals surface area contributed by atoms with E-state index in [1.807, 2.05) is 12.1 Å². The highest BCUT2D eigenvalue weighted by atomic mass is 16.5. The van der Waals surface area contributed by atoms with Gasteiger partial charge in [0.25, 0.3) is 0 Å². The molecule has 0 spiro atoms. The van der Waals surface area contributed by atoms with Crippen LogP contribution in [0.4, 0.5) is 5.82 Å². The van der Waals surface area contributed by atoms with Crippen LogP contribution in [0.3, 0.4) is 0 Å². The highest BCUT2D eigenvalue weighted by Gasteiger charge is 2.22. The maximum atomic E-state index is 6.41. The Balaban J connectivity index is 1.26. The van der Waals surface area contributed by atoms with Gasteiger partial charge in [-0.05, 0) is 30.3 Å². The van der Waals surface area contributed by atoms with Gasteiger partial charge < -0.3 is 18.9 Å². The van der Waals surface area contributed by atoms with Gasteiger partial charge in [-0.3, -0.25) is 0 Å². The highest BCUT2D eigenvalue weighted by molar-refractivity contribution is 5.86. The maximum Gasteiger partial charge on any atom is 0.177 e. The molecule has 5 rings (SSSR count). The molecule has 29 heavy (non-hydrogen) atoms. The number of methoxy groups -OCH3 is 1. The van der Waals surface area contributed by atoms with Crippen molar-refractivity contribution in [1.29, 1.82) is 0 Å². The van der Waals surface area contributed by atoms with E-state index in [4.69, 9.17) is 9.47 Å². The number of hydrogen-bond donors (Lipinski definition) is 0. The van der Waals surface area contributed by atoms with E-state index in [9.17, 15) is 0 Å². The first-order valence-corrected chi connectivity index (χ1v) is 9.97. The van der Waals surface area contributed by atoms with E-state index in [1.54, 1.807) is 18.0 Å². The number of fused-ring (bicyclic) bond motifs is 2. The fourth-order valence-corrected chi connectivity index (χ4v) is 3.95. The molecule has 1 saturated heterocycles. The molecular weight excluding hydrogens is 368 g/mol. The molecule has 8 nitrogen and oxygen atoms in total. The van der Waals surface area contributed by atoms with Crippen molar-refractivity contribution < 1.29 is 9.47 Å². The first-order chi connectivity index (χ1) is 14.3. The van der Waals surface area contributed by atoms with Crippen molar-refractivity contribution in [1.82, 2.24) is 24.4 Å². The SMILES string of the molecule is COCCn1ccc2c(OC3CCN(c4ccc5nncn5n4)CC3)cccc21. The van der Waals surface area contributed by atoms with Crippen LogP contribution in [0, 0.1) is 0 Å². The third-order valence-electron chi connectivity index (χ3n) is 5.52. The summed E-state index contributed by atoms with van der Waals surface area (Å²) >= 11 is 0. The van der Waals surface area contributed by atoms with Crippen LogP contribution in [0.15, 0.2) is 48.9 Å². The van der Waals surface area contributed by atoms with Crippen LogP contribution in [0.1, 0.15) is 12.8 Å². The highest BCUT2D eigenvalue weighted by Crippen LogP contribution is 2.29. The van der Waals surface area contributed by atoms with E-state index in [0.29, 0.717) is 6.61 Å². The predicted octanol–water partition coefficient (Wildman–Crippen LogP) is 2.77. The summed E-state index contributed by atoms with van der Waals surface area (Å²) in [6.07, 6.45) is 5.86. The number of hydrogen-bond acceptors (Lipinski definition) is 6. The standard InChI is InChI=1S/C21H24N6O2/c1-28-14-13-25-12-9-17-18(25)3-2-4-19(17)29-16-7-10-26(11-8-16)21-6-5-20-23-22-15-27(20)24-21/h2-6,9,12,15-16H,7-8,10-11,13-14H2,1H3. The van der Waals surface area contributed by atoms with E-state index in [0.717, 1.165) is 55.1 Å². The Hall–Kier alpha value is -3.13. The molecule has 0 unspecified atom stereocenters. The number of anilines is 1. The number of ether oxygens (including phenoxy) is 2. The average molecular weight is 392 g/mol. The summed E-state index contributed by atoms with van der Waals surface area (Å²) in [5.41, 5.74) is 1.95. The minimum Gasteiger partial charge on any atom is -0.490 e. The molecule has 1 aromatic carbocycles. The van der Waals surface area contributed by atoms with Crippen molar-refractivity contribution in [3.8, 4) is 5.75 Å². The third kappa shape index (κ3) is 3.51. The molecule has 150 valence electrons. The lowest BCUT2D eigenvalue weighted by Crippen LogP contribution is -2.38. The largest absolute Gasteiger partial charge is 0.490 e. The third-order valence-corrected chi connectivity index (χ3v) is 5.52. The zero-order valence-electron chi connectivity index (χ0n) is 16.4. The molecule has 8 heteroatoms. The molecule has 0 saturated carbocycles. The van der Waals surface area contributed by atoms with Crippen LogP contribution < -0.4 is 9.64 Å². The number of aromatic nitrogens is 5. The smallest absolute Gasteiger partial charge is 0.177 e. The number of piperidine rings is 1. The number of rotatable bonds is 6. The molecule has 0 bridgehead atoms. The summed E-state index contributed by atoms with van der Waals surface area (Å²) < 4.78 is 15.5. The quantitative estimate of drug-likeness (QED) is 0.503. The molecule has 0 aliphatic carbocycles. The summed E-state index contributed by atoms with van der Waals surface area (Å²) in [6, 6.07) is 12.4. The molecule has 1 aliphatic heterocycles. The van der Waals surface area contributed by atoms with E-state index < -0.39 is 0 Å². The molecule has 4 aromatic rings. The van der Waals surface area contributed by atoms with Crippen LogP contribution in [0.5, 0.6) is 5.75 Å². The Bertz CT molecular complexity index is 1110. The lowest BCUT2D eigenvalue weighted by molar-refractivity contribution is 0.173. The van der Waals surface area contributed by atoms with Gasteiger partial charge in [0.05, 0.1) is 12.1 Å². The second kappa shape index (κ2) is 7.71. The zero-order valence-corrected chi connectivity index (χ0v) is 16.4. The van der Waals surface area contributed by atoms with E-state index in [2.05, 4.69) is 55.2 Å². The fraction of sp³-hybridized carbons (Fsp3) is 0.381. The molecular formula is C21H24N6O2. The molecule has 1 fully saturated rings. The van der Waals surface area contributed by atoms with E-state index in [-0.39, 0.29) is 6.10 Å². The van der Waals surface area contributed by atoms with Crippen LogP contribution >= 0.6 is 0 Å².